The fourth-order valence-corrected chi connectivity index (χ4v) is 4.11. The van der Waals surface area contributed by atoms with Gasteiger partial charge in [-0.25, -0.2) is 4.79 Å². The Morgan fingerprint density at radius 1 is 0.931 bits per heavy atom. The number of hydrogen-bond acceptors (Lipinski definition) is 4. The van der Waals surface area contributed by atoms with Crippen molar-refractivity contribution in [2.45, 2.75) is 18.9 Å². The van der Waals surface area contributed by atoms with Crippen molar-refractivity contribution in [2.24, 2.45) is 0 Å². The van der Waals surface area contributed by atoms with Gasteiger partial charge in [0.2, 0.25) is 0 Å². The van der Waals surface area contributed by atoms with Crippen molar-refractivity contribution in [2.75, 3.05) is 13.1 Å². The van der Waals surface area contributed by atoms with Crippen LogP contribution in [0.3, 0.4) is 0 Å². The molecule has 0 radical (unpaired) electrons. The highest BCUT2D eigenvalue weighted by atomic mass is 16.2. The number of aromatic nitrogens is 4. The monoisotopic (exact) mass is 389 g/mol. The first-order chi connectivity index (χ1) is 14.1. The minimum atomic E-state index is -0.406. The average Bonchev–Trinajstić information content (AvgIpc) is 3.18. The maximum absolute atomic E-state index is 12.9. The Bertz CT molecular complexity index is 1340. The number of amides is 1. The number of rotatable bonds is 2. The normalized spacial score (nSPS) is 15.2. The fraction of sp³-hybridized carbons (Fsp3) is 0.238. The van der Waals surface area contributed by atoms with Gasteiger partial charge < -0.3 is 9.88 Å². The third kappa shape index (κ3) is 2.84. The maximum Gasteiger partial charge on any atom is 0.329 e. The zero-order valence-corrected chi connectivity index (χ0v) is 15.6. The quantitative estimate of drug-likeness (QED) is 0.547. The number of nitrogens with zero attached hydrogens (tertiary/aromatic N) is 3. The fourth-order valence-electron chi connectivity index (χ4n) is 4.11. The molecule has 4 aromatic rings. The molecule has 0 saturated carbocycles. The number of H-pyrrole nitrogens is 2. The molecule has 2 aromatic carbocycles. The van der Waals surface area contributed by atoms with Crippen LogP contribution in [0.4, 0.5) is 0 Å². The first kappa shape index (κ1) is 17.4. The van der Waals surface area contributed by atoms with Crippen molar-refractivity contribution in [3.63, 3.8) is 0 Å². The number of aromatic amines is 2. The maximum atomic E-state index is 12.9. The summed E-state index contributed by atoms with van der Waals surface area (Å²) >= 11 is 0. The molecule has 0 aliphatic carbocycles. The van der Waals surface area contributed by atoms with Crippen LogP contribution in [-0.2, 0) is 0 Å². The van der Waals surface area contributed by atoms with Crippen molar-refractivity contribution in [1.29, 1.82) is 0 Å². The van der Waals surface area contributed by atoms with Gasteiger partial charge in [0.15, 0.2) is 5.69 Å². The molecule has 1 amide bonds. The number of nitrogens with one attached hydrogen (secondary N) is 2. The molecule has 2 N–H and O–H groups in total. The summed E-state index contributed by atoms with van der Waals surface area (Å²) in [4.78, 5) is 42.8. The van der Waals surface area contributed by atoms with Gasteiger partial charge in [-0.2, -0.15) is 5.10 Å². The van der Waals surface area contributed by atoms with Crippen molar-refractivity contribution >= 4 is 27.7 Å². The van der Waals surface area contributed by atoms with E-state index in [1.165, 1.54) is 4.57 Å². The zero-order chi connectivity index (χ0) is 20.0. The summed E-state index contributed by atoms with van der Waals surface area (Å²) in [6.07, 6.45) is 1.07. The highest BCUT2D eigenvalue weighted by molar-refractivity contribution is 6.04. The molecule has 1 aliphatic heterocycles. The molecule has 1 aliphatic rings. The molecule has 0 spiro atoms. The van der Waals surface area contributed by atoms with Crippen LogP contribution in [0.1, 0.15) is 29.4 Å². The summed E-state index contributed by atoms with van der Waals surface area (Å²) in [6.45, 7) is 0.923. The molecule has 0 bridgehead atoms. The summed E-state index contributed by atoms with van der Waals surface area (Å²) in [5.74, 6) is -0.138. The number of benzene rings is 2. The van der Waals surface area contributed by atoms with Gasteiger partial charge in [0, 0.05) is 24.5 Å². The van der Waals surface area contributed by atoms with Gasteiger partial charge in [0.05, 0.1) is 16.4 Å². The van der Waals surface area contributed by atoms with E-state index in [0.29, 0.717) is 42.5 Å². The van der Waals surface area contributed by atoms with Crippen LogP contribution in [0.15, 0.2) is 58.1 Å². The van der Waals surface area contributed by atoms with Crippen molar-refractivity contribution in [1.82, 2.24) is 24.6 Å². The van der Waals surface area contributed by atoms with Crippen molar-refractivity contribution < 1.29 is 4.79 Å². The van der Waals surface area contributed by atoms with E-state index in [1.807, 2.05) is 24.3 Å². The average molecular weight is 389 g/mol. The lowest BCUT2D eigenvalue weighted by molar-refractivity contribution is 0.0688. The Morgan fingerprint density at radius 3 is 2.34 bits per heavy atom. The molecule has 0 atom stereocenters. The summed E-state index contributed by atoms with van der Waals surface area (Å²) < 4.78 is 1.30. The first-order valence-electron chi connectivity index (χ1n) is 9.59. The molecule has 5 rings (SSSR count). The molecular weight excluding hydrogens is 370 g/mol. The predicted molar refractivity (Wildman–Crippen MR) is 109 cm³/mol. The van der Waals surface area contributed by atoms with Crippen LogP contribution < -0.4 is 11.2 Å². The molecule has 146 valence electrons. The zero-order valence-electron chi connectivity index (χ0n) is 15.6. The molecule has 1 fully saturated rings. The van der Waals surface area contributed by atoms with E-state index >= 15 is 0 Å². The third-order valence-corrected chi connectivity index (χ3v) is 5.63. The lowest BCUT2D eigenvalue weighted by atomic mass is 10.0. The van der Waals surface area contributed by atoms with E-state index < -0.39 is 5.69 Å². The lowest BCUT2D eigenvalue weighted by Gasteiger charge is -2.32. The van der Waals surface area contributed by atoms with Gasteiger partial charge in [-0.1, -0.05) is 30.3 Å². The Morgan fingerprint density at radius 2 is 1.59 bits per heavy atom. The molecule has 8 heteroatoms. The van der Waals surface area contributed by atoms with Crippen molar-refractivity contribution in [3.05, 3.63) is 75.1 Å². The number of piperidine rings is 1. The van der Waals surface area contributed by atoms with Crippen LogP contribution >= 0.6 is 0 Å². The van der Waals surface area contributed by atoms with Gasteiger partial charge in [-0.3, -0.25) is 19.3 Å². The van der Waals surface area contributed by atoms with Crippen LogP contribution in [0.2, 0.25) is 0 Å². The van der Waals surface area contributed by atoms with E-state index in [2.05, 4.69) is 15.2 Å². The molecular formula is C21H19N5O3. The Balaban J connectivity index is 1.40. The third-order valence-electron chi connectivity index (χ3n) is 5.63. The molecule has 8 nitrogen and oxygen atoms in total. The van der Waals surface area contributed by atoms with E-state index in [4.69, 9.17) is 0 Å². The number of likely N-dealkylation sites (tertiary alicyclic amines) is 1. The van der Waals surface area contributed by atoms with Gasteiger partial charge in [0.25, 0.3) is 11.5 Å². The first-order valence-corrected chi connectivity index (χ1v) is 9.59. The molecule has 1 saturated heterocycles. The second-order valence-electron chi connectivity index (χ2n) is 7.29. The van der Waals surface area contributed by atoms with E-state index in [0.717, 1.165) is 10.9 Å². The molecule has 29 heavy (non-hydrogen) atoms. The number of carbonyl (C=O) groups excluding carboxylic acids is 1. The number of para-hydroxylation sites is 2. The minimum absolute atomic E-state index is 0.138. The highest BCUT2D eigenvalue weighted by Gasteiger charge is 2.28. The lowest BCUT2D eigenvalue weighted by Crippen LogP contribution is -2.45. The van der Waals surface area contributed by atoms with Crippen LogP contribution in [-0.4, -0.2) is 43.6 Å². The summed E-state index contributed by atoms with van der Waals surface area (Å²) in [5.41, 5.74) is 1.07. The topological polar surface area (TPSA) is 104 Å². The van der Waals surface area contributed by atoms with Crippen molar-refractivity contribution in [3.8, 4) is 0 Å². The summed E-state index contributed by atoms with van der Waals surface area (Å²) in [6, 6.07) is 14.3. The molecule has 2 aromatic heterocycles. The number of hydrogen-bond donors (Lipinski definition) is 2. The highest BCUT2D eigenvalue weighted by Crippen LogP contribution is 2.23. The number of fused-ring (bicyclic) bond motifs is 2. The number of carbonyl (C=O) groups is 1. The standard InChI is InChI=1S/C21H19N5O3/c27-19-15-6-2-3-7-16(15)22-21(29)26(19)13-9-11-25(12-10-13)20(28)18-14-5-1-4-8-17(14)23-24-18/h1-8,13H,9-12H2,(H,22,29)(H,23,24). The van der Waals surface area contributed by atoms with Gasteiger partial charge >= 0.3 is 5.69 Å². The van der Waals surface area contributed by atoms with E-state index in [-0.39, 0.29) is 17.5 Å². The second kappa shape index (κ2) is 6.73. The Hall–Kier alpha value is -3.68. The predicted octanol–water partition coefficient (Wildman–Crippen LogP) is 2.04. The van der Waals surface area contributed by atoms with Gasteiger partial charge in [-0.15, -0.1) is 0 Å². The second-order valence-corrected chi connectivity index (χ2v) is 7.29. The molecule has 0 unspecified atom stereocenters. The largest absolute Gasteiger partial charge is 0.337 e. The smallest absolute Gasteiger partial charge is 0.329 e. The van der Waals surface area contributed by atoms with Crippen LogP contribution in [0.25, 0.3) is 21.8 Å². The minimum Gasteiger partial charge on any atom is -0.337 e. The Kier molecular flexibility index (Phi) is 4.04. The SMILES string of the molecule is O=C(c1n[nH]c2ccccc12)N1CCC(n2c(=O)[nH]c3ccccc3c2=O)CC1. The van der Waals surface area contributed by atoms with Gasteiger partial charge in [-0.05, 0) is 31.0 Å². The van der Waals surface area contributed by atoms with Gasteiger partial charge in [0.1, 0.15) is 0 Å². The Labute approximate surface area is 164 Å². The van der Waals surface area contributed by atoms with Crippen LogP contribution in [0, 0.1) is 0 Å². The summed E-state index contributed by atoms with van der Waals surface area (Å²) in [7, 11) is 0. The summed E-state index contributed by atoms with van der Waals surface area (Å²) in [5, 5.41) is 8.36. The van der Waals surface area contributed by atoms with E-state index in [1.54, 1.807) is 29.2 Å². The van der Waals surface area contributed by atoms with Crippen LogP contribution in [0.5, 0.6) is 0 Å². The molecule has 3 heterocycles. The van der Waals surface area contributed by atoms with E-state index in [9.17, 15) is 14.4 Å².